The number of hydrogen-bond donors (Lipinski definition) is 1. The number of carbonyl (C=O) groups is 1. The van der Waals surface area contributed by atoms with Crippen LogP contribution in [0.4, 0.5) is 5.69 Å². The molecule has 0 unspecified atom stereocenters. The summed E-state index contributed by atoms with van der Waals surface area (Å²) in [6, 6.07) is 10.5. The van der Waals surface area contributed by atoms with Crippen molar-refractivity contribution in [3.05, 3.63) is 53.3 Å². The Morgan fingerprint density at radius 1 is 1.27 bits per heavy atom. The zero-order valence-corrected chi connectivity index (χ0v) is 17.8. The average molecular weight is 409 g/mol. The van der Waals surface area contributed by atoms with E-state index in [-0.39, 0.29) is 11.4 Å². The van der Waals surface area contributed by atoms with Crippen LogP contribution < -0.4 is 5.32 Å². The average Bonchev–Trinajstić information content (AvgIpc) is 3.07. The van der Waals surface area contributed by atoms with Gasteiger partial charge in [0.15, 0.2) is 5.65 Å². The first kappa shape index (κ1) is 20.3. The minimum Gasteiger partial charge on any atom is -0.462 e. The topological polar surface area (TPSA) is 78.3 Å². The van der Waals surface area contributed by atoms with Crippen molar-refractivity contribution in [3.8, 4) is 0 Å². The molecule has 1 aliphatic heterocycles. The number of nitrogens with zero attached hydrogens (tertiary/aromatic N) is 3. The number of pyridine rings is 1. The van der Waals surface area contributed by atoms with Crippen LogP contribution in [0.3, 0.4) is 0 Å². The van der Waals surface area contributed by atoms with Gasteiger partial charge in [0.2, 0.25) is 0 Å². The fraction of sp³-hybridized carbons (Fsp3) is 0.435. The van der Waals surface area contributed by atoms with Crippen LogP contribution in [-0.4, -0.2) is 47.1 Å². The Bertz CT molecular complexity index is 1040. The first-order valence-corrected chi connectivity index (χ1v) is 10.4. The first-order chi connectivity index (χ1) is 14.6. The fourth-order valence-electron chi connectivity index (χ4n) is 4.34. The molecule has 2 aromatic heterocycles. The van der Waals surface area contributed by atoms with E-state index in [0.29, 0.717) is 18.7 Å². The standard InChI is InChI=1S/C23H28N4O3/c1-4-30-22(28)18-14-24-21-19(16(2)26-27(21)3)20(18)25-15-23(10-12-29-13-11-23)17-8-6-5-7-9-17/h5-9,14H,4,10-13,15H2,1-3H3,(H,24,25). The summed E-state index contributed by atoms with van der Waals surface area (Å²) in [4.78, 5) is 17.2. The molecule has 0 spiro atoms. The highest BCUT2D eigenvalue weighted by Crippen LogP contribution is 2.37. The fourth-order valence-corrected chi connectivity index (χ4v) is 4.34. The van der Waals surface area contributed by atoms with Gasteiger partial charge in [0.05, 0.1) is 23.4 Å². The Kier molecular flexibility index (Phi) is 5.72. The Hall–Kier alpha value is -2.93. The van der Waals surface area contributed by atoms with Crippen molar-refractivity contribution in [2.24, 2.45) is 7.05 Å². The van der Waals surface area contributed by atoms with Gasteiger partial charge in [-0.25, -0.2) is 9.78 Å². The predicted molar refractivity (Wildman–Crippen MR) is 116 cm³/mol. The van der Waals surface area contributed by atoms with E-state index >= 15 is 0 Å². The lowest BCUT2D eigenvalue weighted by atomic mass is 9.74. The van der Waals surface area contributed by atoms with Crippen LogP contribution in [0.25, 0.3) is 11.0 Å². The summed E-state index contributed by atoms with van der Waals surface area (Å²) in [5.74, 6) is -0.376. The Balaban J connectivity index is 1.76. The number of fused-ring (bicyclic) bond motifs is 1. The normalized spacial score (nSPS) is 15.8. The summed E-state index contributed by atoms with van der Waals surface area (Å²) in [5, 5.41) is 8.98. The number of benzene rings is 1. The lowest BCUT2D eigenvalue weighted by Gasteiger charge is -2.38. The van der Waals surface area contributed by atoms with E-state index in [1.165, 1.54) is 5.56 Å². The second kappa shape index (κ2) is 8.44. The number of ether oxygens (including phenoxy) is 2. The van der Waals surface area contributed by atoms with E-state index in [1.54, 1.807) is 17.8 Å². The zero-order valence-electron chi connectivity index (χ0n) is 17.8. The lowest BCUT2D eigenvalue weighted by Crippen LogP contribution is -2.40. The van der Waals surface area contributed by atoms with Gasteiger partial charge in [-0.1, -0.05) is 30.3 Å². The number of aryl methyl sites for hydroxylation is 2. The molecular weight excluding hydrogens is 380 g/mol. The molecule has 0 amide bonds. The highest BCUT2D eigenvalue weighted by molar-refractivity contribution is 6.05. The molecule has 0 aliphatic carbocycles. The van der Waals surface area contributed by atoms with Crippen molar-refractivity contribution in [1.82, 2.24) is 14.8 Å². The van der Waals surface area contributed by atoms with Crippen LogP contribution >= 0.6 is 0 Å². The molecule has 1 aromatic carbocycles. The van der Waals surface area contributed by atoms with Crippen molar-refractivity contribution in [3.63, 3.8) is 0 Å². The molecule has 7 heteroatoms. The van der Waals surface area contributed by atoms with Gasteiger partial charge in [0, 0.05) is 38.4 Å². The molecule has 0 atom stereocenters. The molecular formula is C23H28N4O3. The van der Waals surface area contributed by atoms with Gasteiger partial charge in [-0.15, -0.1) is 0 Å². The van der Waals surface area contributed by atoms with E-state index in [9.17, 15) is 4.79 Å². The van der Waals surface area contributed by atoms with Crippen molar-refractivity contribution in [2.75, 3.05) is 31.7 Å². The van der Waals surface area contributed by atoms with Crippen molar-refractivity contribution in [1.29, 1.82) is 0 Å². The van der Waals surface area contributed by atoms with Crippen molar-refractivity contribution in [2.45, 2.75) is 32.1 Å². The minimum absolute atomic E-state index is 0.0723. The van der Waals surface area contributed by atoms with Crippen LogP contribution in [0.15, 0.2) is 36.5 Å². The number of carbonyl (C=O) groups excluding carboxylic acids is 1. The minimum atomic E-state index is -0.376. The molecule has 3 heterocycles. The van der Waals surface area contributed by atoms with Gasteiger partial charge >= 0.3 is 5.97 Å². The second-order valence-corrected chi connectivity index (χ2v) is 7.79. The second-order valence-electron chi connectivity index (χ2n) is 7.79. The Morgan fingerprint density at radius 2 is 2.00 bits per heavy atom. The molecule has 30 heavy (non-hydrogen) atoms. The van der Waals surface area contributed by atoms with E-state index < -0.39 is 0 Å². The van der Waals surface area contributed by atoms with Gasteiger partial charge < -0.3 is 14.8 Å². The van der Waals surface area contributed by atoms with Gasteiger partial charge in [0.25, 0.3) is 0 Å². The first-order valence-electron chi connectivity index (χ1n) is 10.4. The maximum Gasteiger partial charge on any atom is 0.341 e. The number of nitrogens with one attached hydrogen (secondary N) is 1. The quantitative estimate of drug-likeness (QED) is 0.628. The van der Waals surface area contributed by atoms with Gasteiger partial charge in [0.1, 0.15) is 5.56 Å². The van der Waals surface area contributed by atoms with E-state index in [1.807, 2.05) is 20.0 Å². The number of aromatic nitrogens is 3. The third-order valence-electron chi connectivity index (χ3n) is 5.96. The van der Waals surface area contributed by atoms with Gasteiger partial charge in [-0.05, 0) is 32.3 Å². The molecule has 7 nitrogen and oxygen atoms in total. The predicted octanol–water partition coefficient (Wildman–Crippen LogP) is 3.61. The van der Waals surface area contributed by atoms with Gasteiger partial charge in [-0.3, -0.25) is 4.68 Å². The monoisotopic (exact) mass is 408 g/mol. The molecule has 1 N–H and O–H groups in total. The third kappa shape index (κ3) is 3.65. The summed E-state index contributed by atoms with van der Waals surface area (Å²) in [5.41, 5.74) is 3.96. The molecule has 4 rings (SSSR count). The van der Waals surface area contributed by atoms with Crippen LogP contribution in [0.1, 0.15) is 41.4 Å². The summed E-state index contributed by atoms with van der Waals surface area (Å²) >= 11 is 0. The highest BCUT2D eigenvalue weighted by Gasteiger charge is 2.35. The van der Waals surface area contributed by atoms with Crippen LogP contribution in [0.5, 0.6) is 0 Å². The van der Waals surface area contributed by atoms with Crippen LogP contribution in [-0.2, 0) is 21.9 Å². The van der Waals surface area contributed by atoms with E-state index in [4.69, 9.17) is 9.47 Å². The number of hydrogen-bond acceptors (Lipinski definition) is 6. The third-order valence-corrected chi connectivity index (χ3v) is 5.96. The number of rotatable bonds is 6. The molecule has 158 valence electrons. The van der Waals surface area contributed by atoms with E-state index in [0.717, 1.165) is 48.5 Å². The summed E-state index contributed by atoms with van der Waals surface area (Å²) in [6.45, 7) is 6.18. The summed E-state index contributed by atoms with van der Waals surface area (Å²) in [7, 11) is 1.86. The molecule has 0 saturated carbocycles. The van der Waals surface area contributed by atoms with Crippen molar-refractivity contribution < 1.29 is 14.3 Å². The molecule has 1 aliphatic rings. The largest absolute Gasteiger partial charge is 0.462 e. The summed E-state index contributed by atoms with van der Waals surface area (Å²) in [6.07, 6.45) is 3.42. The number of esters is 1. The maximum atomic E-state index is 12.7. The van der Waals surface area contributed by atoms with Gasteiger partial charge in [-0.2, -0.15) is 5.10 Å². The van der Waals surface area contributed by atoms with Crippen LogP contribution in [0.2, 0.25) is 0 Å². The maximum absolute atomic E-state index is 12.7. The summed E-state index contributed by atoms with van der Waals surface area (Å²) < 4.78 is 12.7. The zero-order chi connectivity index (χ0) is 21.1. The van der Waals surface area contributed by atoms with Crippen molar-refractivity contribution >= 4 is 22.7 Å². The molecule has 3 aromatic rings. The molecule has 0 radical (unpaired) electrons. The molecule has 1 saturated heterocycles. The Morgan fingerprint density at radius 3 is 2.70 bits per heavy atom. The lowest BCUT2D eigenvalue weighted by molar-refractivity contribution is 0.0522. The van der Waals surface area contributed by atoms with E-state index in [2.05, 4.69) is 39.7 Å². The Labute approximate surface area is 176 Å². The molecule has 1 fully saturated rings. The van der Waals surface area contributed by atoms with Crippen LogP contribution in [0, 0.1) is 6.92 Å². The number of anilines is 1. The molecule has 0 bridgehead atoms. The SMILES string of the molecule is CCOC(=O)c1cnc2c(c(C)nn2C)c1NCC1(c2ccccc2)CCOCC1. The smallest absolute Gasteiger partial charge is 0.341 e. The highest BCUT2D eigenvalue weighted by atomic mass is 16.5.